The molecule has 1 heterocycles. The largest absolute Gasteiger partial charge is 0.298 e. The number of hydrogen-bond acceptors (Lipinski definition) is 2. The fourth-order valence-corrected chi connectivity index (χ4v) is 1.47. The van der Waals surface area contributed by atoms with Gasteiger partial charge in [0.2, 0.25) is 0 Å². The minimum absolute atomic E-state index is 0.308. The van der Waals surface area contributed by atoms with Crippen molar-refractivity contribution in [2.75, 3.05) is 0 Å². The second kappa shape index (κ2) is 4.23. The molecular weight excluding hydrogens is 205 g/mol. The molecule has 0 aliphatic heterocycles. The van der Waals surface area contributed by atoms with Crippen molar-refractivity contribution in [3.8, 4) is 11.3 Å². The van der Waals surface area contributed by atoms with Crippen LogP contribution in [0.1, 0.15) is 15.9 Å². The number of nitrogens with zero attached hydrogens (tertiary/aromatic N) is 1. The highest BCUT2D eigenvalue weighted by molar-refractivity contribution is 5.75. The number of pyridine rings is 1. The number of carbonyl (C=O) groups is 1. The number of benzene rings is 1. The summed E-state index contributed by atoms with van der Waals surface area (Å²) in [6.07, 6.45) is 2.15. The Morgan fingerprint density at radius 1 is 1.25 bits per heavy atom. The standard InChI is InChI=1S/C13H10FNO/c1-9-2-4-12(14)11(6-9)13-5-3-10(8-16)7-15-13/h2-8H,1H3. The van der Waals surface area contributed by atoms with Gasteiger partial charge in [-0.25, -0.2) is 4.39 Å². The quantitative estimate of drug-likeness (QED) is 0.721. The third-order valence-corrected chi connectivity index (χ3v) is 2.32. The van der Waals surface area contributed by atoms with Gasteiger partial charge < -0.3 is 0 Å². The van der Waals surface area contributed by atoms with E-state index in [0.29, 0.717) is 23.1 Å². The molecule has 1 aromatic carbocycles. The minimum atomic E-state index is -0.308. The van der Waals surface area contributed by atoms with Gasteiger partial charge in [0.25, 0.3) is 0 Å². The summed E-state index contributed by atoms with van der Waals surface area (Å²) in [5, 5.41) is 0. The predicted molar refractivity (Wildman–Crippen MR) is 59.8 cm³/mol. The Hall–Kier alpha value is -2.03. The highest BCUT2D eigenvalue weighted by atomic mass is 19.1. The highest BCUT2D eigenvalue weighted by Gasteiger charge is 2.06. The summed E-state index contributed by atoms with van der Waals surface area (Å²) in [5.41, 5.74) is 2.44. The van der Waals surface area contributed by atoms with E-state index in [-0.39, 0.29) is 5.82 Å². The lowest BCUT2D eigenvalue weighted by atomic mass is 10.1. The molecule has 2 nitrogen and oxygen atoms in total. The first kappa shape index (κ1) is 10.5. The number of rotatable bonds is 2. The van der Waals surface area contributed by atoms with Crippen molar-refractivity contribution in [2.24, 2.45) is 0 Å². The third kappa shape index (κ3) is 1.98. The second-order valence-electron chi connectivity index (χ2n) is 3.58. The van der Waals surface area contributed by atoms with Crippen LogP contribution < -0.4 is 0 Å². The van der Waals surface area contributed by atoms with Crippen LogP contribution in [0.5, 0.6) is 0 Å². The summed E-state index contributed by atoms with van der Waals surface area (Å²) < 4.78 is 13.5. The van der Waals surface area contributed by atoms with Gasteiger partial charge in [0.15, 0.2) is 6.29 Å². The van der Waals surface area contributed by atoms with Crippen LogP contribution in [0.15, 0.2) is 36.5 Å². The summed E-state index contributed by atoms with van der Waals surface area (Å²) in [7, 11) is 0. The molecule has 0 spiro atoms. The lowest BCUT2D eigenvalue weighted by Crippen LogP contribution is -1.90. The van der Waals surface area contributed by atoms with Crippen molar-refractivity contribution in [3.63, 3.8) is 0 Å². The van der Waals surface area contributed by atoms with E-state index < -0.39 is 0 Å². The van der Waals surface area contributed by atoms with Gasteiger partial charge in [-0.05, 0) is 31.2 Å². The maximum Gasteiger partial charge on any atom is 0.151 e. The number of carbonyl (C=O) groups excluding carboxylic acids is 1. The van der Waals surface area contributed by atoms with Gasteiger partial charge in [-0.2, -0.15) is 0 Å². The fraction of sp³-hybridized carbons (Fsp3) is 0.0769. The van der Waals surface area contributed by atoms with Gasteiger partial charge in [0, 0.05) is 17.3 Å². The number of hydrogen-bond donors (Lipinski definition) is 0. The molecule has 0 amide bonds. The Kier molecular flexibility index (Phi) is 2.77. The lowest BCUT2D eigenvalue weighted by molar-refractivity contribution is 0.112. The van der Waals surface area contributed by atoms with E-state index in [1.54, 1.807) is 24.3 Å². The summed E-state index contributed by atoms with van der Waals surface area (Å²) in [6, 6.07) is 8.12. The van der Waals surface area contributed by atoms with Crippen LogP contribution in [0.25, 0.3) is 11.3 Å². The van der Waals surface area contributed by atoms with E-state index >= 15 is 0 Å². The fourth-order valence-electron chi connectivity index (χ4n) is 1.47. The summed E-state index contributed by atoms with van der Waals surface area (Å²) in [4.78, 5) is 14.5. The van der Waals surface area contributed by atoms with E-state index in [4.69, 9.17) is 0 Å². The Labute approximate surface area is 92.8 Å². The summed E-state index contributed by atoms with van der Waals surface area (Å²) >= 11 is 0. The molecule has 80 valence electrons. The molecule has 0 fully saturated rings. The molecule has 0 aliphatic rings. The lowest BCUT2D eigenvalue weighted by Gasteiger charge is -2.03. The van der Waals surface area contributed by atoms with Crippen LogP contribution in [0.3, 0.4) is 0 Å². The molecule has 1 aromatic heterocycles. The molecule has 0 bridgehead atoms. The van der Waals surface area contributed by atoms with Crippen LogP contribution in [-0.2, 0) is 0 Å². The molecule has 2 rings (SSSR count). The van der Waals surface area contributed by atoms with Gasteiger partial charge in [0.05, 0.1) is 5.69 Å². The Balaban J connectivity index is 2.49. The van der Waals surface area contributed by atoms with E-state index in [2.05, 4.69) is 4.98 Å². The van der Waals surface area contributed by atoms with Crippen molar-refractivity contribution in [3.05, 3.63) is 53.5 Å². The third-order valence-electron chi connectivity index (χ3n) is 2.32. The molecule has 0 saturated heterocycles. The summed E-state index contributed by atoms with van der Waals surface area (Å²) in [5.74, 6) is -0.308. The Morgan fingerprint density at radius 2 is 2.06 bits per heavy atom. The van der Waals surface area contributed by atoms with Gasteiger partial charge >= 0.3 is 0 Å². The van der Waals surface area contributed by atoms with Crippen molar-refractivity contribution in [1.82, 2.24) is 4.98 Å². The first-order chi connectivity index (χ1) is 7.70. The number of aldehydes is 1. The first-order valence-corrected chi connectivity index (χ1v) is 4.88. The molecule has 0 aliphatic carbocycles. The predicted octanol–water partition coefficient (Wildman–Crippen LogP) is 3.01. The average molecular weight is 215 g/mol. The zero-order valence-corrected chi connectivity index (χ0v) is 8.77. The van der Waals surface area contributed by atoms with Gasteiger partial charge in [-0.15, -0.1) is 0 Å². The molecule has 0 radical (unpaired) electrons. The molecule has 0 unspecified atom stereocenters. The molecule has 0 saturated carbocycles. The molecule has 3 heteroatoms. The van der Waals surface area contributed by atoms with Crippen molar-refractivity contribution < 1.29 is 9.18 Å². The Morgan fingerprint density at radius 3 is 2.69 bits per heavy atom. The maximum atomic E-state index is 13.5. The first-order valence-electron chi connectivity index (χ1n) is 4.88. The second-order valence-corrected chi connectivity index (χ2v) is 3.58. The van der Waals surface area contributed by atoms with Crippen LogP contribution in [0, 0.1) is 12.7 Å². The van der Waals surface area contributed by atoms with E-state index in [1.807, 2.05) is 6.92 Å². The molecule has 2 aromatic rings. The highest BCUT2D eigenvalue weighted by Crippen LogP contribution is 2.21. The number of halogens is 1. The van der Waals surface area contributed by atoms with E-state index in [1.165, 1.54) is 12.3 Å². The smallest absolute Gasteiger partial charge is 0.151 e. The van der Waals surface area contributed by atoms with Gasteiger partial charge in [0.1, 0.15) is 5.82 Å². The van der Waals surface area contributed by atoms with E-state index in [0.717, 1.165) is 5.56 Å². The minimum Gasteiger partial charge on any atom is -0.298 e. The zero-order chi connectivity index (χ0) is 11.5. The van der Waals surface area contributed by atoms with Crippen molar-refractivity contribution >= 4 is 6.29 Å². The Bertz CT molecular complexity index is 520. The summed E-state index contributed by atoms with van der Waals surface area (Å²) in [6.45, 7) is 1.89. The maximum absolute atomic E-state index is 13.5. The van der Waals surface area contributed by atoms with E-state index in [9.17, 15) is 9.18 Å². The normalized spacial score (nSPS) is 10.1. The van der Waals surface area contributed by atoms with Crippen LogP contribution in [-0.4, -0.2) is 11.3 Å². The molecule has 0 N–H and O–H groups in total. The van der Waals surface area contributed by atoms with Crippen LogP contribution >= 0.6 is 0 Å². The monoisotopic (exact) mass is 215 g/mol. The average Bonchev–Trinajstić information content (AvgIpc) is 2.32. The number of aryl methyl sites for hydroxylation is 1. The molecular formula is C13H10FNO. The SMILES string of the molecule is Cc1ccc(F)c(-c2ccc(C=O)cn2)c1. The van der Waals surface area contributed by atoms with Gasteiger partial charge in [-0.3, -0.25) is 9.78 Å². The van der Waals surface area contributed by atoms with Crippen LogP contribution in [0.2, 0.25) is 0 Å². The topological polar surface area (TPSA) is 30.0 Å². The molecule has 0 atom stereocenters. The molecule has 16 heavy (non-hydrogen) atoms. The van der Waals surface area contributed by atoms with Crippen molar-refractivity contribution in [1.29, 1.82) is 0 Å². The van der Waals surface area contributed by atoms with Gasteiger partial charge in [-0.1, -0.05) is 11.6 Å². The van der Waals surface area contributed by atoms with Crippen molar-refractivity contribution in [2.45, 2.75) is 6.92 Å². The number of aromatic nitrogens is 1. The van der Waals surface area contributed by atoms with Crippen LogP contribution in [0.4, 0.5) is 4.39 Å². The zero-order valence-electron chi connectivity index (χ0n) is 8.77.